The van der Waals surface area contributed by atoms with Crippen LogP contribution in [0.25, 0.3) is 0 Å². The number of methoxy groups -OCH3 is 1. The molecule has 70 valence electrons. The van der Waals surface area contributed by atoms with Gasteiger partial charge in [-0.3, -0.25) is 0 Å². The standard InChI is InChI=1S/C9H13N3O/c1-13-8-5-3-2-4-7(8)6-9(10)12-11/h2-5H,6,11H2,1H3,(H2,10,12). The van der Waals surface area contributed by atoms with E-state index in [4.69, 9.17) is 16.3 Å². The number of hydrogen-bond acceptors (Lipinski definition) is 3. The summed E-state index contributed by atoms with van der Waals surface area (Å²) in [6.07, 6.45) is 0.514. The Bertz CT molecular complexity index is 309. The maximum atomic E-state index is 5.50. The van der Waals surface area contributed by atoms with Gasteiger partial charge in [0.1, 0.15) is 11.6 Å². The second-order valence-electron chi connectivity index (χ2n) is 2.61. The van der Waals surface area contributed by atoms with Crippen LogP contribution in [0.3, 0.4) is 0 Å². The molecule has 0 saturated carbocycles. The van der Waals surface area contributed by atoms with Crippen molar-refractivity contribution in [3.05, 3.63) is 29.8 Å². The van der Waals surface area contributed by atoms with Crippen LogP contribution in [-0.4, -0.2) is 12.9 Å². The molecule has 0 spiro atoms. The van der Waals surface area contributed by atoms with E-state index in [0.717, 1.165) is 11.3 Å². The molecule has 13 heavy (non-hydrogen) atoms. The number of hydrazone groups is 1. The number of nitrogens with zero attached hydrogens (tertiary/aromatic N) is 1. The maximum absolute atomic E-state index is 5.50. The number of benzene rings is 1. The van der Waals surface area contributed by atoms with E-state index in [9.17, 15) is 0 Å². The van der Waals surface area contributed by atoms with E-state index in [2.05, 4.69) is 5.10 Å². The Morgan fingerprint density at radius 3 is 2.77 bits per heavy atom. The minimum Gasteiger partial charge on any atom is -0.496 e. The predicted molar refractivity (Wildman–Crippen MR) is 52.5 cm³/mol. The van der Waals surface area contributed by atoms with Gasteiger partial charge in [-0.1, -0.05) is 18.2 Å². The Kier molecular flexibility index (Phi) is 3.14. The van der Waals surface area contributed by atoms with Crippen molar-refractivity contribution in [2.45, 2.75) is 6.42 Å². The van der Waals surface area contributed by atoms with Crippen molar-refractivity contribution in [2.75, 3.05) is 7.11 Å². The van der Waals surface area contributed by atoms with Crippen LogP contribution < -0.4 is 16.3 Å². The predicted octanol–water partition coefficient (Wildman–Crippen LogP) is 0.469. The highest BCUT2D eigenvalue weighted by Crippen LogP contribution is 2.17. The Labute approximate surface area is 77.2 Å². The molecule has 0 heterocycles. The number of ether oxygens (including phenoxy) is 1. The molecule has 0 aliphatic rings. The summed E-state index contributed by atoms with van der Waals surface area (Å²) in [6.45, 7) is 0. The number of para-hydroxylation sites is 1. The van der Waals surface area contributed by atoms with E-state index < -0.39 is 0 Å². The summed E-state index contributed by atoms with van der Waals surface area (Å²) >= 11 is 0. The number of rotatable bonds is 3. The van der Waals surface area contributed by atoms with Gasteiger partial charge in [0, 0.05) is 12.0 Å². The largest absolute Gasteiger partial charge is 0.496 e. The third kappa shape index (κ3) is 2.37. The molecule has 0 unspecified atom stereocenters. The summed E-state index contributed by atoms with van der Waals surface area (Å²) in [5.41, 5.74) is 6.48. The van der Waals surface area contributed by atoms with Crippen LogP contribution in [0, 0.1) is 0 Å². The first kappa shape index (κ1) is 9.38. The van der Waals surface area contributed by atoms with Gasteiger partial charge in [-0.05, 0) is 6.07 Å². The molecule has 0 atom stereocenters. The summed E-state index contributed by atoms with van der Waals surface area (Å²) in [6, 6.07) is 7.62. The van der Waals surface area contributed by atoms with Gasteiger partial charge in [0.25, 0.3) is 0 Å². The first-order valence-corrected chi connectivity index (χ1v) is 3.92. The normalized spacial score (nSPS) is 11.3. The fraction of sp³-hybridized carbons (Fsp3) is 0.222. The summed E-state index contributed by atoms with van der Waals surface area (Å²) < 4.78 is 5.14. The Balaban J connectivity index is 2.87. The summed E-state index contributed by atoms with van der Waals surface area (Å²) in [5.74, 6) is 6.23. The first-order chi connectivity index (χ1) is 6.27. The average molecular weight is 179 g/mol. The van der Waals surface area contributed by atoms with Crippen molar-refractivity contribution in [1.29, 1.82) is 0 Å². The monoisotopic (exact) mass is 179 g/mol. The molecule has 0 aliphatic heterocycles. The van der Waals surface area contributed by atoms with Crippen molar-refractivity contribution >= 4 is 5.84 Å². The molecule has 1 rings (SSSR count). The van der Waals surface area contributed by atoms with Crippen LogP contribution in [0.2, 0.25) is 0 Å². The lowest BCUT2D eigenvalue weighted by Gasteiger charge is -2.06. The third-order valence-corrected chi connectivity index (χ3v) is 1.73. The van der Waals surface area contributed by atoms with E-state index >= 15 is 0 Å². The molecule has 4 heteroatoms. The second-order valence-corrected chi connectivity index (χ2v) is 2.61. The zero-order chi connectivity index (χ0) is 9.68. The minimum atomic E-state index is 0.393. The summed E-state index contributed by atoms with van der Waals surface area (Å²) in [7, 11) is 1.62. The highest BCUT2D eigenvalue weighted by atomic mass is 16.5. The molecule has 4 N–H and O–H groups in total. The smallest absolute Gasteiger partial charge is 0.123 e. The molecular formula is C9H13N3O. The highest BCUT2D eigenvalue weighted by molar-refractivity contribution is 5.82. The topological polar surface area (TPSA) is 73.6 Å². The zero-order valence-corrected chi connectivity index (χ0v) is 7.53. The lowest BCUT2D eigenvalue weighted by Crippen LogP contribution is -2.17. The molecular weight excluding hydrogens is 166 g/mol. The maximum Gasteiger partial charge on any atom is 0.123 e. The van der Waals surface area contributed by atoms with Gasteiger partial charge in [0.05, 0.1) is 7.11 Å². The van der Waals surface area contributed by atoms with Gasteiger partial charge in [-0.15, -0.1) is 0 Å². The van der Waals surface area contributed by atoms with Gasteiger partial charge in [-0.2, -0.15) is 5.10 Å². The van der Waals surface area contributed by atoms with E-state index in [1.165, 1.54) is 0 Å². The average Bonchev–Trinajstić information content (AvgIpc) is 2.18. The number of amidine groups is 1. The zero-order valence-electron chi connectivity index (χ0n) is 7.53. The van der Waals surface area contributed by atoms with Crippen LogP contribution in [-0.2, 0) is 6.42 Å². The Morgan fingerprint density at radius 2 is 2.15 bits per heavy atom. The summed E-state index contributed by atoms with van der Waals surface area (Å²) in [4.78, 5) is 0. The minimum absolute atomic E-state index is 0.393. The summed E-state index contributed by atoms with van der Waals surface area (Å²) in [5, 5.41) is 3.40. The van der Waals surface area contributed by atoms with Crippen molar-refractivity contribution in [2.24, 2.45) is 16.7 Å². The van der Waals surface area contributed by atoms with E-state index in [1.54, 1.807) is 7.11 Å². The first-order valence-electron chi connectivity index (χ1n) is 3.92. The van der Waals surface area contributed by atoms with Crippen LogP contribution in [0.15, 0.2) is 29.4 Å². The molecule has 0 bridgehead atoms. The van der Waals surface area contributed by atoms with Crippen molar-refractivity contribution in [3.8, 4) is 5.75 Å². The van der Waals surface area contributed by atoms with Crippen LogP contribution in [0.4, 0.5) is 0 Å². The molecule has 1 aromatic rings. The van der Waals surface area contributed by atoms with Crippen LogP contribution in [0.5, 0.6) is 5.75 Å². The van der Waals surface area contributed by atoms with Gasteiger partial charge in [-0.25, -0.2) is 0 Å². The fourth-order valence-corrected chi connectivity index (χ4v) is 1.09. The molecule has 0 aromatic heterocycles. The van der Waals surface area contributed by atoms with Gasteiger partial charge in [0.15, 0.2) is 0 Å². The van der Waals surface area contributed by atoms with Crippen molar-refractivity contribution in [3.63, 3.8) is 0 Å². The molecule has 4 nitrogen and oxygen atoms in total. The van der Waals surface area contributed by atoms with Gasteiger partial charge in [0.2, 0.25) is 0 Å². The van der Waals surface area contributed by atoms with Gasteiger partial charge >= 0.3 is 0 Å². The second kappa shape index (κ2) is 4.35. The number of hydrogen-bond donors (Lipinski definition) is 2. The quantitative estimate of drug-likeness (QED) is 0.306. The lowest BCUT2D eigenvalue weighted by molar-refractivity contribution is 0.411. The molecule has 0 aliphatic carbocycles. The van der Waals surface area contributed by atoms with Gasteiger partial charge < -0.3 is 16.3 Å². The van der Waals surface area contributed by atoms with Crippen molar-refractivity contribution < 1.29 is 4.74 Å². The SMILES string of the molecule is COc1ccccc1C/C(N)=N/N. The van der Waals surface area contributed by atoms with Crippen molar-refractivity contribution in [1.82, 2.24) is 0 Å². The highest BCUT2D eigenvalue weighted by Gasteiger charge is 2.02. The Morgan fingerprint density at radius 1 is 1.46 bits per heavy atom. The van der Waals surface area contributed by atoms with E-state index in [-0.39, 0.29) is 0 Å². The third-order valence-electron chi connectivity index (χ3n) is 1.73. The van der Waals surface area contributed by atoms with Crippen LogP contribution >= 0.6 is 0 Å². The molecule has 0 saturated heterocycles. The molecule has 0 radical (unpaired) electrons. The van der Waals surface area contributed by atoms with Crippen LogP contribution in [0.1, 0.15) is 5.56 Å². The van der Waals surface area contributed by atoms with E-state index in [1.807, 2.05) is 24.3 Å². The van der Waals surface area contributed by atoms with E-state index in [0.29, 0.717) is 12.3 Å². The molecule has 1 aromatic carbocycles. The Hall–Kier alpha value is -1.71. The molecule has 0 amide bonds. The molecule has 0 fully saturated rings. The lowest BCUT2D eigenvalue weighted by atomic mass is 10.1. The number of nitrogens with two attached hydrogens (primary N) is 2. The fourth-order valence-electron chi connectivity index (χ4n) is 1.09.